The number of phenolic OH excluding ortho intramolecular Hbond substituents is 2. The van der Waals surface area contributed by atoms with Crippen molar-refractivity contribution in [3.63, 3.8) is 0 Å². The quantitative estimate of drug-likeness (QED) is 0.210. The number of ketones is 2. The number of fused-ring (bicyclic) bond motifs is 14. The second kappa shape index (κ2) is 19.8. The number of carbonyl (C=O) groups is 4. The first-order valence-electron chi connectivity index (χ1n) is 21.1. The van der Waals surface area contributed by atoms with Crippen LogP contribution in [-0.2, 0) is 30.2 Å². The van der Waals surface area contributed by atoms with E-state index >= 15 is 0 Å². The molecule has 0 saturated heterocycles. The van der Waals surface area contributed by atoms with Gasteiger partial charge in [-0.05, 0) is 77.2 Å². The molecule has 1 aliphatic carbocycles. The maximum atomic E-state index is 14.6. The Labute approximate surface area is 368 Å². The second-order valence-corrected chi connectivity index (χ2v) is 17.2. The van der Waals surface area contributed by atoms with Crippen LogP contribution in [0, 0.1) is 30.6 Å². The third-order valence-corrected chi connectivity index (χ3v) is 12.2. The summed E-state index contributed by atoms with van der Waals surface area (Å²) in [5.74, 6) is -8.07. The standard InChI is InChI=1S/C48H61N3O12/c1-24-14-12-15-25(2)47(59)50-34-23-33(49-32-18-17-31(22-35(32)53)16-13-20-51(9)10)37-38(43(34)57)42(56)29(6)45-39(37)46(58)48(8,63-45)61-21-19-36(60-11)26(3)44(62-30(7)52)28(5)41(55)27(4)40(24)54/h12,14-15,17-19,21-24,26-28,36,40-41,44,53-56H,13,16,20H2,1-11H3,(H,50,59)/b14-12+,21-19+,25-15-,49-33?/t24-,26+,27+,28+,36-,40-,41+,44+,48-/m0/s1. The molecule has 15 heteroatoms. The van der Waals surface area contributed by atoms with Crippen LogP contribution < -0.4 is 10.1 Å². The molecule has 5 bridgehead atoms. The first kappa shape index (κ1) is 48.4. The van der Waals surface area contributed by atoms with Crippen LogP contribution in [0.1, 0.15) is 92.3 Å². The average molecular weight is 872 g/mol. The highest BCUT2D eigenvalue weighted by atomic mass is 16.7. The van der Waals surface area contributed by atoms with Crippen molar-refractivity contribution in [2.45, 2.75) is 98.4 Å². The van der Waals surface area contributed by atoms with E-state index in [-0.39, 0.29) is 56.4 Å². The number of esters is 1. The van der Waals surface area contributed by atoms with Gasteiger partial charge in [-0.2, -0.15) is 0 Å². The van der Waals surface area contributed by atoms with Crippen molar-refractivity contribution in [2.24, 2.45) is 28.7 Å². The number of nitrogens with zero attached hydrogens (tertiary/aromatic N) is 2. The largest absolute Gasteiger partial charge is 0.507 e. The van der Waals surface area contributed by atoms with E-state index in [1.807, 2.05) is 20.2 Å². The molecule has 0 saturated carbocycles. The predicted octanol–water partition coefficient (Wildman–Crippen LogP) is 5.77. The van der Waals surface area contributed by atoms with Gasteiger partial charge in [-0.15, -0.1) is 0 Å². The van der Waals surface area contributed by atoms with Gasteiger partial charge < -0.3 is 49.6 Å². The first-order valence-corrected chi connectivity index (χ1v) is 21.1. The maximum Gasteiger partial charge on any atom is 0.312 e. The smallest absolute Gasteiger partial charge is 0.312 e. The molecule has 4 aliphatic rings. The summed E-state index contributed by atoms with van der Waals surface area (Å²) >= 11 is 0. The zero-order chi connectivity index (χ0) is 46.7. The number of Topliss-reactive ketones (excluding diaryl/α,β-unsaturated/α-hetero) is 2. The molecule has 2 aromatic carbocycles. The molecule has 2 aromatic rings. The lowest BCUT2D eigenvalue weighted by Gasteiger charge is -2.38. The molecule has 340 valence electrons. The Morgan fingerprint density at radius 3 is 2.30 bits per heavy atom. The molecule has 3 heterocycles. The van der Waals surface area contributed by atoms with Crippen molar-refractivity contribution in [3.8, 4) is 17.2 Å². The molecular weight excluding hydrogens is 811 g/mol. The lowest BCUT2D eigenvalue weighted by atomic mass is 9.78. The zero-order valence-electron chi connectivity index (χ0n) is 37.9. The van der Waals surface area contributed by atoms with E-state index in [1.54, 1.807) is 52.0 Å². The maximum absolute atomic E-state index is 14.6. The summed E-state index contributed by atoms with van der Waals surface area (Å²) in [5.41, 5.74) is 0.392. The van der Waals surface area contributed by atoms with Gasteiger partial charge in [-0.3, -0.25) is 19.2 Å². The summed E-state index contributed by atoms with van der Waals surface area (Å²) in [7, 11) is 5.39. The van der Waals surface area contributed by atoms with Crippen LogP contribution in [0.15, 0.2) is 71.1 Å². The molecule has 63 heavy (non-hydrogen) atoms. The number of aliphatic imine (C=N–C) groups is 1. The fourth-order valence-electron chi connectivity index (χ4n) is 8.27. The fraction of sp³-hybridized carbons (Fsp3) is 0.479. The van der Waals surface area contributed by atoms with Crippen LogP contribution in [0.3, 0.4) is 0 Å². The number of phenols is 2. The molecule has 6 rings (SSSR count). The highest BCUT2D eigenvalue weighted by Crippen LogP contribution is 2.48. The molecule has 15 nitrogen and oxygen atoms in total. The molecule has 0 fully saturated rings. The molecule has 3 aliphatic heterocycles. The Morgan fingerprint density at radius 2 is 1.67 bits per heavy atom. The Kier molecular flexibility index (Phi) is 15.2. The van der Waals surface area contributed by atoms with Crippen molar-refractivity contribution in [3.05, 3.63) is 93.9 Å². The number of ether oxygens (including phenoxy) is 4. The van der Waals surface area contributed by atoms with Gasteiger partial charge in [0.2, 0.25) is 5.78 Å². The number of rotatable bonds is 7. The van der Waals surface area contributed by atoms with Crippen molar-refractivity contribution in [2.75, 3.05) is 27.7 Å². The summed E-state index contributed by atoms with van der Waals surface area (Å²) in [5, 5.41) is 48.5. The number of nitrogens with one attached hydrogen (secondary N) is 1. The minimum atomic E-state index is -2.04. The van der Waals surface area contributed by atoms with Crippen molar-refractivity contribution >= 4 is 34.8 Å². The SMILES string of the molecule is CO[C@H]1/C=C/O[C@@]2(C)Oc3c(C)c(O)c4c(c3C2=O)C(=Nc2ccc(CCCN(C)C)cc2O)C=C(NC(=O)/C(C)=C\C=C\[C@H](C)[C@H](O)[C@@H](C)[C@@H](O)[C@@H](C)[C@H](OC(C)=O)[C@@H]1C)C4=O. The number of hydrogen-bond acceptors (Lipinski definition) is 14. The molecule has 0 radical (unpaired) electrons. The van der Waals surface area contributed by atoms with E-state index in [1.165, 1.54) is 59.3 Å². The molecule has 0 aromatic heterocycles. The number of aliphatic hydroxyl groups excluding tert-OH is 2. The van der Waals surface area contributed by atoms with Crippen molar-refractivity contribution < 1.29 is 58.6 Å². The van der Waals surface area contributed by atoms with Gasteiger partial charge in [0.05, 0.1) is 47.1 Å². The molecular formula is C48H61N3O12. The number of aryl methyl sites for hydroxylation is 1. The third kappa shape index (κ3) is 10.3. The first-order chi connectivity index (χ1) is 29.6. The summed E-state index contributed by atoms with van der Waals surface area (Å²) in [6, 6.07) is 5.02. The molecule has 1 amide bonds. The molecule has 0 spiro atoms. The minimum absolute atomic E-state index is 0.0344. The normalized spacial score (nSPS) is 30.5. The van der Waals surface area contributed by atoms with Gasteiger partial charge in [0.1, 0.15) is 29.0 Å². The average Bonchev–Trinajstić information content (AvgIpc) is 3.49. The third-order valence-electron chi connectivity index (χ3n) is 12.2. The zero-order valence-corrected chi connectivity index (χ0v) is 37.9. The molecule has 0 unspecified atom stereocenters. The topological polar surface area (TPSA) is 214 Å². The number of aromatic hydroxyl groups is 2. The Balaban J connectivity index is 1.68. The van der Waals surface area contributed by atoms with Gasteiger partial charge in [-0.1, -0.05) is 52.0 Å². The lowest BCUT2D eigenvalue weighted by Crippen LogP contribution is -2.46. The van der Waals surface area contributed by atoms with Gasteiger partial charge in [0, 0.05) is 61.3 Å². The van der Waals surface area contributed by atoms with E-state index in [9.17, 15) is 39.6 Å². The Hall–Kier alpha value is -5.61. The Morgan fingerprint density at radius 1 is 0.968 bits per heavy atom. The number of allylic oxidation sites excluding steroid dienone is 4. The lowest BCUT2D eigenvalue weighted by molar-refractivity contribution is -0.160. The Bertz CT molecular complexity index is 2270. The van der Waals surface area contributed by atoms with Crippen LogP contribution in [-0.4, -0.2) is 112 Å². The van der Waals surface area contributed by atoms with Gasteiger partial charge in [-0.25, -0.2) is 4.99 Å². The van der Waals surface area contributed by atoms with E-state index in [0.717, 1.165) is 18.5 Å². The van der Waals surface area contributed by atoms with Gasteiger partial charge >= 0.3 is 11.8 Å². The van der Waals surface area contributed by atoms with E-state index in [2.05, 4.69) is 10.2 Å². The van der Waals surface area contributed by atoms with Crippen molar-refractivity contribution in [1.82, 2.24) is 10.2 Å². The highest BCUT2D eigenvalue weighted by Gasteiger charge is 2.51. The van der Waals surface area contributed by atoms with E-state index < -0.39 is 83.1 Å². The highest BCUT2D eigenvalue weighted by molar-refractivity contribution is 6.32. The molecule has 9 atom stereocenters. The van der Waals surface area contributed by atoms with E-state index in [0.29, 0.717) is 6.42 Å². The minimum Gasteiger partial charge on any atom is -0.507 e. The monoisotopic (exact) mass is 871 g/mol. The number of hydrogen-bond donors (Lipinski definition) is 5. The van der Waals surface area contributed by atoms with Crippen LogP contribution in [0.5, 0.6) is 17.2 Å². The summed E-state index contributed by atoms with van der Waals surface area (Å²) in [6.45, 7) is 13.4. The van der Waals surface area contributed by atoms with Crippen LogP contribution in [0.25, 0.3) is 0 Å². The molecule has 5 N–H and O–H groups in total. The van der Waals surface area contributed by atoms with E-state index in [4.69, 9.17) is 23.9 Å². The second-order valence-electron chi connectivity index (χ2n) is 17.2. The number of aliphatic hydroxyl groups is 2. The predicted molar refractivity (Wildman–Crippen MR) is 236 cm³/mol. The van der Waals surface area contributed by atoms with Crippen LogP contribution in [0.4, 0.5) is 5.69 Å². The van der Waals surface area contributed by atoms with Gasteiger partial charge in [0.25, 0.3) is 11.7 Å². The number of carbonyl (C=O) groups excluding carboxylic acids is 4. The van der Waals surface area contributed by atoms with Gasteiger partial charge in [0.15, 0.2) is 0 Å². The number of methoxy groups -OCH3 is 1. The number of amides is 1. The summed E-state index contributed by atoms with van der Waals surface area (Å²) in [6.07, 6.45) is 6.38. The summed E-state index contributed by atoms with van der Waals surface area (Å²) in [4.78, 5) is 61.8. The number of benzene rings is 2. The van der Waals surface area contributed by atoms with Crippen LogP contribution >= 0.6 is 0 Å². The van der Waals surface area contributed by atoms with Crippen LogP contribution in [0.2, 0.25) is 0 Å². The summed E-state index contributed by atoms with van der Waals surface area (Å²) < 4.78 is 23.8. The fourth-order valence-corrected chi connectivity index (χ4v) is 8.27. The van der Waals surface area contributed by atoms with Crippen molar-refractivity contribution in [1.29, 1.82) is 0 Å².